The van der Waals surface area contributed by atoms with Gasteiger partial charge in [-0.25, -0.2) is 4.79 Å². The molecule has 0 aromatic heterocycles. The van der Waals surface area contributed by atoms with E-state index in [1.54, 1.807) is 4.90 Å². The Morgan fingerprint density at radius 1 is 1.04 bits per heavy atom. The maximum absolute atomic E-state index is 12.1. The van der Waals surface area contributed by atoms with Crippen LogP contribution in [0.4, 0.5) is 16.2 Å². The van der Waals surface area contributed by atoms with Gasteiger partial charge in [-0.05, 0) is 45.0 Å². The lowest BCUT2D eigenvalue weighted by atomic mass is 10.2. The Bertz CT molecular complexity index is 602. The van der Waals surface area contributed by atoms with Crippen molar-refractivity contribution in [2.45, 2.75) is 32.8 Å². The van der Waals surface area contributed by atoms with E-state index >= 15 is 0 Å². The van der Waals surface area contributed by atoms with Crippen molar-refractivity contribution in [3.8, 4) is 0 Å². The minimum absolute atomic E-state index is 0.00298. The molecule has 1 aromatic carbocycles. The van der Waals surface area contributed by atoms with E-state index in [2.05, 4.69) is 15.5 Å². The molecule has 1 heterocycles. The zero-order valence-corrected chi connectivity index (χ0v) is 16.2. The lowest BCUT2D eigenvalue weighted by Gasteiger charge is -2.35. The first kappa shape index (κ1) is 20.0. The minimum atomic E-state index is -0.475. The number of benzene rings is 1. The second-order valence-electron chi connectivity index (χ2n) is 7.43. The highest BCUT2D eigenvalue weighted by Gasteiger charge is 2.25. The van der Waals surface area contributed by atoms with Crippen LogP contribution >= 0.6 is 0 Å². The van der Waals surface area contributed by atoms with Crippen LogP contribution in [0.25, 0.3) is 0 Å². The topological polar surface area (TPSA) is 73.9 Å². The summed E-state index contributed by atoms with van der Waals surface area (Å²) in [6, 6.07) is 7.60. The molecular formula is C19H30N4O3. The monoisotopic (exact) mass is 362 g/mol. The summed E-state index contributed by atoms with van der Waals surface area (Å²) in [5.41, 5.74) is 1.33. The van der Waals surface area contributed by atoms with E-state index in [1.807, 2.05) is 52.1 Å². The maximum Gasteiger partial charge on any atom is 0.410 e. The van der Waals surface area contributed by atoms with Gasteiger partial charge >= 0.3 is 6.09 Å². The zero-order valence-electron chi connectivity index (χ0n) is 16.2. The van der Waals surface area contributed by atoms with Gasteiger partial charge in [-0.2, -0.15) is 0 Å². The number of piperazine rings is 1. The molecule has 2 amide bonds. The lowest BCUT2D eigenvalue weighted by molar-refractivity contribution is -0.116. The van der Waals surface area contributed by atoms with Gasteiger partial charge in [0.15, 0.2) is 0 Å². The van der Waals surface area contributed by atoms with Crippen LogP contribution in [-0.4, -0.2) is 67.2 Å². The molecule has 0 radical (unpaired) electrons. The van der Waals surface area contributed by atoms with Gasteiger partial charge in [0.1, 0.15) is 5.60 Å². The summed E-state index contributed by atoms with van der Waals surface area (Å²) in [6.07, 6.45) is 0.167. The Balaban J connectivity index is 1.69. The summed E-state index contributed by atoms with van der Waals surface area (Å²) in [5.74, 6) is -0.00298. The van der Waals surface area contributed by atoms with Crippen LogP contribution in [0.5, 0.6) is 0 Å². The zero-order chi connectivity index (χ0) is 19.2. The van der Waals surface area contributed by atoms with Gasteiger partial charge in [-0.3, -0.25) is 9.69 Å². The van der Waals surface area contributed by atoms with Gasteiger partial charge in [-0.1, -0.05) is 0 Å². The Morgan fingerprint density at radius 3 is 2.15 bits per heavy atom. The van der Waals surface area contributed by atoms with E-state index in [4.69, 9.17) is 4.74 Å². The molecule has 0 aliphatic carbocycles. The van der Waals surface area contributed by atoms with Crippen molar-refractivity contribution in [2.75, 3.05) is 50.4 Å². The van der Waals surface area contributed by atoms with Gasteiger partial charge in [0.25, 0.3) is 0 Å². The Kier molecular flexibility index (Phi) is 6.85. The molecule has 0 unspecified atom stereocenters. The number of hydrogen-bond donors (Lipinski definition) is 2. The van der Waals surface area contributed by atoms with Gasteiger partial charge in [0.2, 0.25) is 5.91 Å². The molecule has 2 N–H and O–H groups in total. The molecule has 0 bridgehead atoms. The number of ether oxygens (including phenoxy) is 1. The van der Waals surface area contributed by atoms with Crippen LogP contribution < -0.4 is 10.6 Å². The quantitative estimate of drug-likeness (QED) is 0.842. The van der Waals surface area contributed by atoms with Crippen molar-refractivity contribution < 1.29 is 14.3 Å². The number of nitrogens with one attached hydrogen (secondary N) is 2. The third kappa shape index (κ3) is 6.55. The molecule has 0 spiro atoms. The highest BCUT2D eigenvalue weighted by molar-refractivity contribution is 5.91. The fourth-order valence-corrected chi connectivity index (χ4v) is 2.68. The molecule has 1 aromatic rings. The van der Waals surface area contributed by atoms with Crippen molar-refractivity contribution >= 4 is 23.4 Å². The van der Waals surface area contributed by atoms with Crippen LogP contribution in [0.2, 0.25) is 0 Å². The smallest absolute Gasteiger partial charge is 0.410 e. The highest BCUT2D eigenvalue weighted by Crippen LogP contribution is 2.14. The average Bonchev–Trinajstić information content (AvgIpc) is 2.59. The van der Waals surface area contributed by atoms with Crippen LogP contribution in [0.3, 0.4) is 0 Å². The third-order valence-corrected chi connectivity index (χ3v) is 4.14. The van der Waals surface area contributed by atoms with Gasteiger partial charge in [0, 0.05) is 57.6 Å². The van der Waals surface area contributed by atoms with Gasteiger partial charge in [-0.15, -0.1) is 0 Å². The standard InChI is InChI=1S/C19H30N4O3/c1-19(2,3)26-18(25)23-13-11-22(12-14-23)10-9-17(24)21-16-7-5-15(20-4)6-8-16/h5-8,20H,9-14H2,1-4H3,(H,21,24). The third-order valence-electron chi connectivity index (χ3n) is 4.14. The Morgan fingerprint density at radius 2 is 1.62 bits per heavy atom. The normalized spacial score (nSPS) is 15.5. The second-order valence-corrected chi connectivity index (χ2v) is 7.43. The number of rotatable bonds is 5. The molecular weight excluding hydrogens is 332 g/mol. The summed E-state index contributed by atoms with van der Waals surface area (Å²) in [6.45, 7) is 9.05. The molecule has 144 valence electrons. The molecule has 7 heteroatoms. The summed E-state index contributed by atoms with van der Waals surface area (Å²) in [4.78, 5) is 28.1. The van der Waals surface area contributed by atoms with E-state index in [0.717, 1.165) is 24.5 Å². The fraction of sp³-hybridized carbons (Fsp3) is 0.579. The van der Waals surface area contributed by atoms with Crippen LogP contribution in [0.1, 0.15) is 27.2 Å². The fourth-order valence-electron chi connectivity index (χ4n) is 2.68. The molecule has 26 heavy (non-hydrogen) atoms. The summed E-state index contributed by atoms with van der Waals surface area (Å²) in [7, 11) is 1.86. The first-order chi connectivity index (χ1) is 12.3. The number of hydrogen-bond acceptors (Lipinski definition) is 5. The van der Waals surface area contributed by atoms with Crippen molar-refractivity contribution in [3.63, 3.8) is 0 Å². The van der Waals surface area contributed by atoms with E-state index < -0.39 is 5.60 Å². The molecule has 1 aliphatic heterocycles. The largest absolute Gasteiger partial charge is 0.444 e. The van der Waals surface area contributed by atoms with Crippen molar-refractivity contribution in [2.24, 2.45) is 0 Å². The summed E-state index contributed by atoms with van der Waals surface area (Å²) in [5, 5.41) is 5.95. The van der Waals surface area contributed by atoms with E-state index in [9.17, 15) is 9.59 Å². The molecule has 0 saturated carbocycles. The number of anilines is 2. The predicted octanol–water partition coefficient (Wildman–Crippen LogP) is 2.61. The SMILES string of the molecule is CNc1ccc(NC(=O)CCN2CCN(C(=O)OC(C)(C)C)CC2)cc1. The predicted molar refractivity (Wildman–Crippen MR) is 103 cm³/mol. The first-order valence-electron chi connectivity index (χ1n) is 9.05. The van der Waals surface area contributed by atoms with Gasteiger partial charge in [0.05, 0.1) is 0 Å². The van der Waals surface area contributed by atoms with Crippen LogP contribution in [0, 0.1) is 0 Å². The average molecular weight is 362 g/mol. The van der Waals surface area contributed by atoms with Crippen molar-refractivity contribution in [3.05, 3.63) is 24.3 Å². The lowest BCUT2D eigenvalue weighted by Crippen LogP contribution is -2.50. The molecule has 2 rings (SSSR count). The molecule has 1 fully saturated rings. The number of carbonyl (C=O) groups excluding carboxylic acids is 2. The number of nitrogens with zero attached hydrogens (tertiary/aromatic N) is 2. The molecule has 1 aliphatic rings. The first-order valence-corrected chi connectivity index (χ1v) is 9.05. The van der Waals surface area contributed by atoms with E-state index in [0.29, 0.717) is 26.1 Å². The van der Waals surface area contributed by atoms with Gasteiger partial charge < -0.3 is 20.3 Å². The molecule has 1 saturated heterocycles. The molecule has 7 nitrogen and oxygen atoms in total. The minimum Gasteiger partial charge on any atom is -0.444 e. The van der Waals surface area contributed by atoms with E-state index in [1.165, 1.54) is 0 Å². The van der Waals surface area contributed by atoms with Crippen LogP contribution in [0.15, 0.2) is 24.3 Å². The second kappa shape index (κ2) is 8.89. The van der Waals surface area contributed by atoms with E-state index in [-0.39, 0.29) is 12.0 Å². The summed E-state index contributed by atoms with van der Waals surface area (Å²) < 4.78 is 5.39. The highest BCUT2D eigenvalue weighted by atomic mass is 16.6. The number of carbonyl (C=O) groups is 2. The number of amides is 2. The van der Waals surface area contributed by atoms with Crippen LogP contribution in [-0.2, 0) is 9.53 Å². The summed E-state index contributed by atoms with van der Waals surface area (Å²) >= 11 is 0. The molecule has 0 atom stereocenters. The van der Waals surface area contributed by atoms with Crippen molar-refractivity contribution in [1.82, 2.24) is 9.80 Å². The maximum atomic E-state index is 12.1. The van der Waals surface area contributed by atoms with Crippen molar-refractivity contribution in [1.29, 1.82) is 0 Å². The Hall–Kier alpha value is -2.28. The Labute approximate surface area is 155 Å².